The van der Waals surface area contributed by atoms with Crippen LogP contribution in [0.25, 0.3) is 5.70 Å². The Hall–Kier alpha value is -3.51. The van der Waals surface area contributed by atoms with Gasteiger partial charge in [0.1, 0.15) is 17.9 Å². The molecule has 0 bridgehead atoms. The van der Waals surface area contributed by atoms with E-state index in [1.54, 1.807) is 11.8 Å². The van der Waals surface area contributed by atoms with Crippen molar-refractivity contribution in [3.8, 4) is 5.75 Å². The summed E-state index contributed by atoms with van der Waals surface area (Å²) in [7, 11) is 0. The molecule has 6 heteroatoms. The molecule has 1 N–H and O–H groups in total. The summed E-state index contributed by atoms with van der Waals surface area (Å²) in [6.45, 7) is 4.22. The van der Waals surface area contributed by atoms with E-state index in [9.17, 15) is 0 Å². The quantitative estimate of drug-likeness (QED) is 0.376. The van der Waals surface area contributed by atoms with Crippen molar-refractivity contribution in [3.63, 3.8) is 0 Å². The van der Waals surface area contributed by atoms with E-state index in [0.29, 0.717) is 0 Å². The average molecular weight is 453 g/mol. The maximum Gasteiger partial charge on any atom is 0.227 e. The van der Waals surface area contributed by atoms with Gasteiger partial charge in [0.05, 0.1) is 5.70 Å². The van der Waals surface area contributed by atoms with Gasteiger partial charge >= 0.3 is 0 Å². The number of hydrogen-bond acceptors (Lipinski definition) is 5. The molecular formula is C27H24N4OS. The number of nitrogens with zero attached hydrogens (tertiary/aromatic N) is 3. The SMILES string of the molecule is CSc1nc2n(n1)[C@@H](c1ccc(C)cc1)C1=C(N2)c2ccccc2O[C@@H]1c1ccc(C)cc1. The van der Waals surface area contributed by atoms with Crippen LogP contribution in [-0.2, 0) is 0 Å². The molecule has 164 valence electrons. The number of benzene rings is 3. The van der Waals surface area contributed by atoms with E-state index in [0.717, 1.165) is 44.8 Å². The number of ether oxygens (including phenoxy) is 1. The van der Waals surface area contributed by atoms with Crippen LogP contribution in [0.3, 0.4) is 0 Å². The highest BCUT2D eigenvalue weighted by Gasteiger charge is 2.41. The second-order valence-electron chi connectivity index (χ2n) is 8.54. The van der Waals surface area contributed by atoms with Gasteiger partial charge in [-0.1, -0.05) is 83.6 Å². The zero-order valence-electron chi connectivity index (χ0n) is 18.7. The Kier molecular flexibility index (Phi) is 4.76. The third-order valence-electron chi connectivity index (χ3n) is 6.32. The summed E-state index contributed by atoms with van der Waals surface area (Å²) in [5.41, 5.74) is 7.98. The van der Waals surface area contributed by atoms with E-state index in [-0.39, 0.29) is 12.1 Å². The molecule has 2 atom stereocenters. The van der Waals surface area contributed by atoms with Gasteiger partial charge in [-0.2, -0.15) is 4.98 Å². The summed E-state index contributed by atoms with van der Waals surface area (Å²) >= 11 is 1.55. The van der Waals surface area contributed by atoms with Crippen molar-refractivity contribution >= 4 is 23.4 Å². The predicted molar refractivity (Wildman–Crippen MR) is 133 cm³/mol. The molecule has 4 aromatic rings. The number of para-hydroxylation sites is 1. The van der Waals surface area contributed by atoms with E-state index in [4.69, 9.17) is 14.8 Å². The Balaban J connectivity index is 1.62. The number of aromatic nitrogens is 3. The standard InChI is InChI=1S/C27H24N4OS/c1-16-8-12-18(13-9-16)24-22-23(28-26-29-27(33-3)30-31(24)26)20-6-4-5-7-21(20)32-25(22)19-14-10-17(2)11-15-19/h4-15,24-25H,1-3H3,(H,28,29,30)/t24-,25+/m0/s1. The lowest BCUT2D eigenvalue weighted by Crippen LogP contribution is -2.32. The van der Waals surface area contributed by atoms with Gasteiger partial charge in [-0.3, -0.25) is 0 Å². The fourth-order valence-corrected chi connectivity index (χ4v) is 4.98. The molecule has 0 unspecified atom stereocenters. The van der Waals surface area contributed by atoms with Crippen molar-refractivity contribution in [1.29, 1.82) is 0 Å². The molecule has 33 heavy (non-hydrogen) atoms. The maximum absolute atomic E-state index is 6.69. The van der Waals surface area contributed by atoms with Gasteiger partial charge in [0, 0.05) is 11.1 Å². The number of hydrogen-bond donors (Lipinski definition) is 1. The fourth-order valence-electron chi connectivity index (χ4n) is 4.63. The first kappa shape index (κ1) is 20.1. The molecular weight excluding hydrogens is 428 g/mol. The Labute approximate surface area is 197 Å². The van der Waals surface area contributed by atoms with Crippen LogP contribution in [0.2, 0.25) is 0 Å². The molecule has 0 saturated carbocycles. The fraction of sp³-hybridized carbons (Fsp3) is 0.185. The minimum absolute atomic E-state index is 0.134. The summed E-state index contributed by atoms with van der Waals surface area (Å²) < 4.78 is 8.69. The van der Waals surface area contributed by atoms with E-state index >= 15 is 0 Å². The highest BCUT2D eigenvalue weighted by Crippen LogP contribution is 2.50. The topological polar surface area (TPSA) is 52.0 Å². The van der Waals surface area contributed by atoms with Crippen LogP contribution in [-0.4, -0.2) is 21.0 Å². The number of nitrogens with one attached hydrogen (secondary N) is 1. The molecule has 0 amide bonds. The van der Waals surface area contributed by atoms with Gasteiger partial charge in [0.25, 0.3) is 0 Å². The second-order valence-corrected chi connectivity index (χ2v) is 9.31. The van der Waals surface area contributed by atoms with Crippen LogP contribution >= 0.6 is 11.8 Å². The van der Waals surface area contributed by atoms with Crippen molar-refractivity contribution in [3.05, 3.63) is 106 Å². The number of rotatable bonds is 3. The smallest absolute Gasteiger partial charge is 0.227 e. The van der Waals surface area contributed by atoms with Gasteiger partial charge in [0.2, 0.25) is 11.1 Å². The van der Waals surface area contributed by atoms with E-state index in [1.807, 2.05) is 29.1 Å². The third kappa shape index (κ3) is 3.33. The molecule has 6 rings (SSSR count). The van der Waals surface area contributed by atoms with E-state index in [1.165, 1.54) is 11.1 Å². The summed E-state index contributed by atoms with van der Waals surface area (Å²) in [5, 5.41) is 9.21. The zero-order valence-corrected chi connectivity index (χ0v) is 19.6. The largest absolute Gasteiger partial charge is 0.480 e. The summed E-state index contributed by atoms with van der Waals surface area (Å²) in [6, 6.07) is 25.4. The van der Waals surface area contributed by atoms with Crippen LogP contribution in [0.4, 0.5) is 5.95 Å². The minimum atomic E-state index is -0.246. The number of fused-ring (bicyclic) bond motifs is 3. The number of thioether (sulfide) groups is 1. The molecule has 0 radical (unpaired) electrons. The lowest BCUT2D eigenvalue weighted by Gasteiger charge is -2.39. The highest BCUT2D eigenvalue weighted by atomic mass is 32.2. The van der Waals surface area contributed by atoms with E-state index < -0.39 is 0 Å². The van der Waals surface area contributed by atoms with Crippen molar-refractivity contribution in [2.75, 3.05) is 11.6 Å². The average Bonchev–Trinajstić information content (AvgIpc) is 3.26. The zero-order chi connectivity index (χ0) is 22.5. The first-order valence-corrected chi connectivity index (χ1v) is 12.3. The van der Waals surface area contributed by atoms with Crippen LogP contribution in [0.5, 0.6) is 5.75 Å². The molecule has 2 aliphatic heterocycles. The normalized spacial score (nSPS) is 18.6. The van der Waals surface area contributed by atoms with Gasteiger partial charge in [-0.25, -0.2) is 4.68 Å². The first-order valence-electron chi connectivity index (χ1n) is 11.0. The molecule has 2 aliphatic rings. The maximum atomic E-state index is 6.69. The molecule has 1 aromatic heterocycles. The highest BCUT2D eigenvalue weighted by molar-refractivity contribution is 7.98. The van der Waals surface area contributed by atoms with Crippen molar-refractivity contribution in [2.45, 2.75) is 31.1 Å². The monoisotopic (exact) mass is 452 g/mol. The molecule has 3 heterocycles. The second kappa shape index (κ2) is 7.81. The van der Waals surface area contributed by atoms with Gasteiger partial charge in [0.15, 0.2) is 0 Å². The van der Waals surface area contributed by atoms with Crippen molar-refractivity contribution in [2.24, 2.45) is 0 Å². The Bertz CT molecular complexity index is 1370. The lowest BCUT2D eigenvalue weighted by atomic mass is 9.84. The minimum Gasteiger partial charge on any atom is -0.480 e. The molecule has 0 aliphatic carbocycles. The number of aryl methyl sites for hydroxylation is 2. The predicted octanol–water partition coefficient (Wildman–Crippen LogP) is 6.18. The van der Waals surface area contributed by atoms with Gasteiger partial charge in [-0.05, 0) is 43.4 Å². The third-order valence-corrected chi connectivity index (χ3v) is 6.85. The van der Waals surface area contributed by atoms with Crippen LogP contribution < -0.4 is 10.1 Å². The molecule has 3 aromatic carbocycles. The Morgan fingerprint density at radius 1 is 0.879 bits per heavy atom. The summed E-state index contributed by atoms with van der Waals surface area (Å²) in [5.74, 6) is 1.62. The van der Waals surface area contributed by atoms with Crippen LogP contribution in [0.15, 0.2) is 83.5 Å². The van der Waals surface area contributed by atoms with E-state index in [2.05, 4.69) is 73.8 Å². The molecule has 5 nitrogen and oxygen atoms in total. The molecule has 0 spiro atoms. The summed E-state index contributed by atoms with van der Waals surface area (Å²) in [6.07, 6.45) is 1.76. The van der Waals surface area contributed by atoms with Crippen LogP contribution in [0.1, 0.15) is 40.0 Å². The lowest BCUT2D eigenvalue weighted by molar-refractivity contribution is 0.223. The van der Waals surface area contributed by atoms with Crippen LogP contribution in [0, 0.1) is 13.8 Å². The number of anilines is 1. The van der Waals surface area contributed by atoms with Crippen molar-refractivity contribution < 1.29 is 4.74 Å². The van der Waals surface area contributed by atoms with Crippen molar-refractivity contribution in [1.82, 2.24) is 14.8 Å². The first-order chi connectivity index (χ1) is 16.1. The Morgan fingerprint density at radius 2 is 1.55 bits per heavy atom. The molecule has 0 fully saturated rings. The van der Waals surface area contributed by atoms with Gasteiger partial charge < -0.3 is 10.1 Å². The molecule has 0 saturated heterocycles. The van der Waals surface area contributed by atoms with Gasteiger partial charge in [-0.15, -0.1) is 5.10 Å². The summed E-state index contributed by atoms with van der Waals surface area (Å²) in [4.78, 5) is 4.76. The Morgan fingerprint density at radius 3 is 2.24 bits per heavy atom.